The fraction of sp³-hybridized carbons (Fsp3) is 0.909. The van der Waals surface area contributed by atoms with Crippen LogP contribution >= 0.6 is 0 Å². The van der Waals surface area contributed by atoms with E-state index in [9.17, 15) is 4.79 Å². The largest absolute Gasteiger partial charge is 0.468 e. The minimum Gasteiger partial charge on any atom is -0.468 e. The van der Waals surface area contributed by atoms with E-state index in [-0.39, 0.29) is 5.60 Å². The first-order valence-corrected chi connectivity index (χ1v) is 5.39. The van der Waals surface area contributed by atoms with Crippen LogP contribution < -0.4 is 5.73 Å². The third-order valence-electron chi connectivity index (χ3n) is 2.48. The van der Waals surface area contributed by atoms with E-state index in [0.29, 0.717) is 19.6 Å². The summed E-state index contributed by atoms with van der Waals surface area (Å²) >= 11 is 0. The van der Waals surface area contributed by atoms with Crippen molar-refractivity contribution in [1.82, 2.24) is 0 Å². The molecule has 16 heavy (non-hydrogen) atoms. The Morgan fingerprint density at radius 1 is 1.31 bits per heavy atom. The van der Waals surface area contributed by atoms with Crippen molar-refractivity contribution in [3.63, 3.8) is 0 Å². The zero-order valence-corrected chi connectivity index (χ0v) is 10.6. The van der Waals surface area contributed by atoms with E-state index in [1.807, 2.05) is 13.8 Å². The summed E-state index contributed by atoms with van der Waals surface area (Å²) in [7, 11) is 3.00. The summed E-state index contributed by atoms with van der Waals surface area (Å²) in [6, 6.07) is -0.597. The molecule has 5 heteroatoms. The normalized spacial score (nSPS) is 13.6. The van der Waals surface area contributed by atoms with Crippen LogP contribution in [-0.4, -0.2) is 45.0 Å². The Labute approximate surface area is 97.2 Å². The van der Waals surface area contributed by atoms with Gasteiger partial charge in [-0.25, -0.2) is 0 Å². The summed E-state index contributed by atoms with van der Waals surface area (Å²) in [5, 5.41) is 0. The number of rotatable bonds is 8. The maximum Gasteiger partial charge on any atom is 0.322 e. The Kier molecular flexibility index (Phi) is 7.29. The molecular weight excluding hydrogens is 210 g/mol. The third-order valence-corrected chi connectivity index (χ3v) is 2.48. The van der Waals surface area contributed by atoms with E-state index in [4.69, 9.17) is 15.2 Å². The van der Waals surface area contributed by atoms with Crippen LogP contribution in [0.15, 0.2) is 0 Å². The Morgan fingerprint density at radius 3 is 2.44 bits per heavy atom. The fourth-order valence-corrected chi connectivity index (χ4v) is 1.00. The van der Waals surface area contributed by atoms with Gasteiger partial charge in [0, 0.05) is 20.3 Å². The van der Waals surface area contributed by atoms with E-state index >= 15 is 0 Å². The summed E-state index contributed by atoms with van der Waals surface area (Å²) in [5.41, 5.74) is 5.37. The minimum absolute atomic E-state index is 0.176. The van der Waals surface area contributed by atoms with Crippen molar-refractivity contribution >= 4 is 5.97 Å². The molecule has 0 rings (SSSR count). The minimum atomic E-state index is -0.597. The van der Waals surface area contributed by atoms with Gasteiger partial charge in [-0.2, -0.15) is 0 Å². The van der Waals surface area contributed by atoms with Crippen LogP contribution in [0.25, 0.3) is 0 Å². The van der Waals surface area contributed by atoms with E-state index < -0.39 is 12.0 Å². The summed E-state index contributed by atoms with van der Waals surface area (Å²) in [6.07, 6.45) is 1.27. The van der Waals surface area contributed by atoms with Gasteiger partial charge in [-0.1, -0.05) is 0 Å². The van der Waals surface area contributed by atoms with Crippen molar-refractivity contribution in [1.29, 1.82) is 0 Å². The highest BCUT2D eigenvalue weighted by atomic mass is 16.5. The standard InChI is InChI=1S/C11H23NO4/c1-11(2,15-4)6-8-16-7-5-9(12)10(13)14-3/h9H,5-8,12H2,1-4H3. The van der Waals surface area contributed by atoms with Gasteiger partial charge in [0.05, 0.1) is 12.7 Å². The summed E-state index contributed by atoms with van der Waals surface area (Å²) in [5.74, 6) is -0.402. The maximum atomic E-state index is 11.0. The first-order valence-electron chi connectivity index (χ1n) is 5.39. The molecule has 5 nitrogen and oxygen atoms in total. The average Bonchev–Trinajstić information content (AvgIpc) is 2.27. The molecule has 1 atom stereocenters. The van der Waals surface area contributed by atoms with Crippen LogP contribution in [0.5, 0.6) is 0 Å². The van der Waals surface area contributed by atoms with Crippen molar-refractivity contribution in [2.75, 3.05) is 27.4 Å². The predicted octanol–water partition coefficient (Wildman–Crippen LogP) is 0.709. The molecule has 0 bridgehead atoms. The van der Waals surface area contributed by atoms with Crippen molar-refractivity contribution in [3.05, 3.63) is 0 Å². The summed E-state index contributed by atoms with van der Waals surface area (Å²) in [6.45, 7) is 5.04. The molecule has 96 valence electrons. The topological polar surface area (TPSA) is 70.8 Å². The van der Waals surface area contributed by atoms with Gasteiger partial charge >= 0.3 is 5.97 Å². The SMILES string of the molecule is COC(=O)C(N)CCOCCC(C)(C)OC. The van der Waals surface area contributed by atoms with E-state index in [2.05, 4.69) is 4.74 Å². The van der Waals surface area contributed by atoms with Gasteiger partial charge in [-0.05, 0) is 26.7 Å². The first-order chi connectivity index (χ1) is 7.43. The second-order valence-electron chi connectivity index (χ2n) is 4.24. The van der Waals surface area contributed by atoms with E-state index in [1.165, 1.54) is 7.11 Å². The molecule has 0 amide bonds. The smallest absolute Gasteiger partial charge is 0.322 e. The van der Waals surface area contributed by atoms with Crippen LogP contribution in [0, 0.1) is 0 Å². The maximum absolute atomic E-state index is 11.0. The van der Waals surface area contributed by atoms with Gasteiger partial charge in [0.1, 0.15) is 6.04 Å². The Hall–Kier alpha value is -0.650. The number of ether oxygens (including phenoxy) is 3. The monoisotopic (exact) mass is 233 g/mol. The Morgan fingerprint density at radius 2 is 1.94 bits per heavy atom. The number of methoxy groups -OCH3 is 2. The molecule has 0 heterocycles. The molecular formula is C11H23NO4. The number of hydrogen-bond acceptors (Lipinski definition) is 5. The fourth-order valence-electron chi connectivity index (χ4n) is 1.00. The quantitative estimate of drug-likeness (QED) is 0.494. The molecule has 0 aromatic carbocycles. The van der Waals surface area contributed by atoms with Gasteiger partial charge in [0.25, 0.3) is 0 Å². The van der Waals surface area contributed by atoms with Crippen LogP contribution in [0.4, 0.5) is 0 Å². The van der Waals surface area contributed by atoms with Crippen LogP contribution in [0.3, 0.4) is 0 Å². The molecule has 0 spiro atoms. The van der Waals surface area contributed by atoms with Gasteiger partial charge in [-0.15, -0.1) is 0 Å². The molecule has 0 radical (unpaired) electrons. The first kappa shape index (κ1) is 15.3. The lowest BCUT2D eigenvalue weighted by Crippen LogP contribution is -2.33. The number of esters is 1. The molecule has 0 aliphatic heterocycles. The van der Waals surface area contributed by atoms with Crippen molar-refractivity contribution in [2.45, 2.75) is 38.3 Å². The number of hydrogen-bond donors (Lipinski definition) is 1. The van der Waals surface area contributed by atoms with Gasteiger partial charge in [-0.3, -0.25) is 4.79 Å². The van der Waals surface area contributed by atoms with Gasteiger partial charge in [0.2, 0.25) is 0 Å². The molecule has 0 saturated heterocycles. The number of nitrogens with two attached hydrogens (primary N) is 1. The zero-order chi connectivity index (χ0) is 12.6. The molecule has 0 aliphatic rings. The lowest BCUT2D eigenvalue weighted by atomic mass is 10.1. The molecule has 2 N–H and O–H groups in total. The number of carbonyl (C=O) groups excluding carboxylic acids is 1. The molecule has 1 unspecified atom stereocenters. The zero-order valence-electron chi connectivity index (χ0n) is 10.6. The van der Waals surface area contributed by atoms with Crippen LogP contribution in [0.1, 0.15) is 26.7 Å². The number of carbonyl (C=O) groups is 1. The van der Waals surface area contributed by atoms with Crippen LogP contribution in [-0.2, 0) is 19.0 Å². The molecule has 0 aromatic heterocycles. The highest BCUT2D eigenvalue weighted by Crippen LogP contribution is 2.12. The van der Waals surface area contributed by atoms with Crippen molar-refractivity contribution in [3.8, 4) is 0 Å². The third kappa shape index (κ3) is 6.76. The Bertz CT molecular complexity index is 206. The van der Waals surface area contributed by atoms with E-state index in [1.54, 1.807) is 7.11 Å². The summed E-state index contributed by atoms with van der Waals surface area (Å²) < 4.78 is 15.1. The second kappa shape index (κ2) is 7.60. The molecule has 0 saturated carbocycles. The lowest BCUT2D eigenvalue weighted by molar-refractivity contribution is -0.142. The van der Waals surface area contributed by atoms with Crippen LogP contribution in [0.2, 0.25) is 0 Å². The lowest BCUT2D eigenvalue weighted by Gasteiger charge is -2.22. The second-order valence-corrected chi connectivity index (χ2v) is 4.24. The highest BCUT2D eigenvalue weighted by Gasteiger charge is 2.16. The highest BCUT2D eigenvalue weighted by molar-refractivity contribution is 5.75. The van der Waals surface area contributed by atoms with Gasteiger partial charge in [0.15, 0.2) is 0 Å². The molecule has 0 aromatic rings. The van der Waals surface area contributed by atoms with Crippen molar-refractivity contribution in [2.24, 2.45) is 5.73 Å². The van der Waals surface area contributed by atoms with Gasteiger partial charge < -0.3 is 19.9 Å². The summed E-state index contributed by atoms with van der Waals surface area (Å²) in [4.78, 5) is 11.0. The van der Waals surface area contributed by atoms with E-state index in [0.717, 1.165) is 6.42 Å². The Balaban J connectivity index is 3.51. The molecule has 0 fully saturated rings. The predicted molar refractivity (Wildman–Crippen MR) is 61.1 cm³/mol. The molecule has 0 aliphatic carbocycles. The van der Waals surface area contributed by atoms with Crippen molar-refractivity contribution < 1.29 is 19.0 Å². The average molecular weight is 233 g/mol.